The summed E-state index contributed by atoms with van der Waals surface area (Å²) in [6.45, 7) is 7.62. The van der Waals surface area contributed by atoms with Crippen molar-refractivity contribution in [3.05, 3.63) is 29.8 Å². The van der Waals surface area contributed by atoms with Crippen LogP contribution in [0, 0.1) is 5.41 Å². The van der Waals surface area contributed by atoms with Crippen LogP contribution >= 0.6 is 0 Å². The van der Waals surface area contributed by atoms with E-state index in [4.69, 9.17) is 5.73 Å². The van der Waals surface area contributed by atoms with Gasteiger partial charge in [-0.25, -0.2) is 0 Å². The summed E-state index contributed by atoms with van der Waals surface area (Å²) >= 11 is 0. The molecule has 82 valence electrons. The largest absolute Gasteiger partial charge is 0.371 e. The van der Waals surface area contributed by atoms with Crippen molar-refractivity contribution in [3.8, 4) is 0 Å². The SMILES string of the molecule is CC1(C)CCN(c2cccc(CN)c2)C1. The van der Waals surface area contributed by atoms with Crippen LogP contribution in [0.2, 0.25) is 0 Å². The van der Waals surface area contributed by atoms with E-state index in [2.05, 4.69) is 43.0 Å². The Morgan fingerprint density at radius 2 is 2.20 bits per heavy atom. The van der Waals surface area contributed by atoms with E-state index >= 15 is 0 Å². The van der Waals surface area contributed by atoms with Crippen LogP contribution in [0.15, 0.2) is 24.3 Å². The summed E-state index contributed by atoms with van der Waals surface area (Å²) in [5.41, 5.74) is 8.65. The molecular formula is C13H20N2. The first-order valence-electron chi connectivity index (χ1n) is 5.65. The second kappa shape index (κ2) is 3.86. The highest BCUT2D eigenvalue weighted by Gasteiger charge is 2.29. The maximum atomic E-state index is 5.65. The molecule has 0 amide bonds. The van der Waals surface area contributed by atoms with Gasteiger partial charge in [0.1, 0.15) is 0 Å². The standard InChI is InChI=1S/C13H20N2/c1-13(2)6-7-15(10-13)12-5-3-4-11(8-12)9-14/h3-5,8H,6-7,9-10,14H2,1-2H3. The molecule has 1 saturated heterocycles. The number of hydrogen-bond donors (Lipinski definition) is 1. The number of anilines is 1. The molecule has 1 aliphatic rings. The number of hydrogen-bond acceptors (Lipinski definition) is 2. The Labute approximate surface area is 92.1 Å². The molecule has 0 atom stereocenters. The fourth-order valence-corrected chi connectivity index (χ4v) is 2.21. The van der Waals surface area contributed by atoms with Crippen molar-refractivity contribution in [1.29, 1.82) is 0 Å². The predicted molar refractivity (Wildman–Crippen MR) is 64.9 cm³/mol. The molecule has 0 radical (unpaired) electrons. The van der Waals surface area contributed by atoms with E-state index in [1.54, 1.807) is 0 Å². The second-order valence-corrected chi connectivity index (χ2v) is 5.21. The maximum Gasteiger partial charge on any atom is 0.0369 e. The van der Waals surface area contributed by atoms with E-state index < -0.39 is 0 Å². The van der Waals surface area contributed by atoms with E-state index in [0.717, 1.165) is 6.54 Å². The second-order valence-electron chi connectivity index (χ2n) is 5.21. The molecule has 0 spiro atoms. The van der Waals surface area contributed by atoms with Gasteiger partial charge in [-0.05, 0) is 29.5 Å². The highest BCUT2D eigenvalue weighted by molar-refractivity contribution is 5.49. The predicted octanol–water partition coefficient (Wildman–Crippen LogP) is 2.38. The minimum Gasteiger partial charge on any atom is -0.371 e. The van der Waals surface area contributed by atoms with Gasteiger partial charge in [0.05, 0.1) is 0 Å². The summed E-state index contributed by atoms with van der Waals surface area (Å²) < 4.78 is 0. The Kier molecular flexibility index (Phi) is 2.70. The van der Waals surface area contributed by atoms with E-state index in [9.17, 15) is 0 Å². The summed E-state index contributed by atoms with van der Waals surface area (Å²) in [7, 11) is 0. The summed E-state index contributed by atoms with van der Waals surface area (Å²) in [5, 5.41) is 0. The number of rotatable bonds is 2. The minimum atomic E-state index is 0.457. The molecule has 1 heterocycles. The summed E-state index contributed by atoms with van der Waals surface area (Å²) in [5.74, 6) is 0. The van der Waals surface area contributed by atoms with Gasteiger partial charge >= 0.3 is 0 Å². The average Bonchev–Trinajstić information content (AvgIpc) is 2.59. The van der Waals surface area contributed by atoms with Crippen LogP contribution in [0.4, 0.5) is 5.69 Å². The van der Waals surface area contributed by atoms with Crippen LogP contribution in [-0.4, -0.2) is 13.1 Å². The fourth-order valence-electron chi connectivity index (χ4n) is 2.21. The average molecular weight is 204 g/mol. The van der Waals surface area contributed by atoms with Crippen molar-refractivity contribution in [2.24, 2.45) is 11.1 Å². The van der Waals surface area contributed by atoms with Crippen LogP contribution in [0.25, 0.3) is 0 Å². The Morgan fingerprint density at radius 1 is 1.40 bits per heavy atom. The highest BCUT2D eigenvalue weighted by Crippen LogP contribution is 2.32. The molecular weight excluding hydrogens is 184 g/mol. The van der Waals surface area contributed by atoms with Crippen LogP contribution < -0.4 is 10.6 Å². The molecule has 15 heavy (non-hydrogen) atoms. The molecule has 2 N–H and O–H groups in total. The third-order valence-electron chi connectivity index (χ3n) is 3.19. The lowest BCUT2D eigenvalue weighted by molar-refractivity contribution is 0.418. The van der Waals surface area contributed by atoms with Gasteiger partial charge in [-0.1, -0.05) is 26.0 Å². The topological polar surface area (TPSA) is 29.3 Å². The zero-order valence-electron chi connectivity index (χ0n) is 9.66. The summed E-state index contributed by atoms with van der Waals surface area (Å²) in [4.78, 5) is 2.46. The van der Waals surface area contributed by atoms with Crippen LogP contribution in [0.3, 0.4) is 0 Å². The van der Waals surface area contributed by atoms with Gasteiger partial charge in [0.2, 0.25) is 0 Å². The molecule has 0 aromatic heterocycles. The van der Waals surface area contributed by atoms with Crippen molar-refractivity contribution < 1.29 is 0 Å². The quantitative estimate of drug-likeness (QED) is 0.801. The Balaban J connectivity index is 2.16. The molecule has 2 nitrogen and oxygen atoms in total. The molecule has 0 aliphatic carbocycles. The summed E-state index contributed by atoms with van der Waals surface area (Å²) in [6, 6.07) is 8.58. The lowest BCUT2D eigenvalue weighted by Gasteiger charge is -2.22. The lowest BCUT2D eigenvalue weighted by atomic mass is 9.93. The number of nitrogens with zero attached hydrogens (tertiary/aromatic N) is 1. The van der Waals surface area contributed by atoms with E-state index in [0.29, 0.717) is 12.0 Å². The van der Waals surface area contributed by atoms with Gasteiger partial charge in [0, 0.05) is 25.3 Å². The zero-order valence-corrected chi connectivity index (χ0v) is 9.66. The Morgan fingerprint density at radius 3 is 2.80 bits per heavy atom. The third-order valence-corrected chi connectivity index (χ3v) is 3.19. The molecule has 1 aliphatic heterocycles. The minimum absolute atomic E-state index is 0.457. The van der Waals surface area contributed by atoms with Gasteiger partial charge in [0.25, 0.3) is 0 Å². The third kappa shape index (κ3) is 2.32. The first-order chi connectivity index (χ1) is 7.11. The first-order valence-corrected chi connectivity index (χ1v) is 5.65. The molecule has 2 heteroatoms. The van der Waals surface area contributed by atoms with E-state index in [1.165, 1.54) is 24.2 Å². The zero-order chi connectivity index (χ0) is 10.9. The highest BCUT2D eigenvalue weighted by atomic mass is 15.2. The maximum absolute atomic E-state index is 5.65. The van der Waals surface area contributed by atoms with Gasteiger partial charge in [-0.15, -0.1) is 0 Å². The molecule has 1 aromatic rings. The first kappa shape index (κ1) is 10.5. The fraction of sp³-hybridized carbons (Fsp3) is 0.538. The normalized spacial score (nSPS) is 19.5. The Hall–Kier alpha value is -1.02. The van der Waals surface area contributed by atoms with Gasteiger partial charge < -0.3 is 10.6 Å². The van der Waals surface area contributed by atoms with Gasteiger partial charge in [-0.3, -0.25) is 0 Å². The van der Waals surface area contributed by atoms with Crippen molar-refractivity contribution >= 4 is 5.69 Å². The van der Waals surface area contributed by atoms with Crippen molar-refractivity contribution in [2.45, 2.75) is 26.8 Å². The van der Waals surface area contributed by atoms with Crippen molar-refractivity contribution in [2.75, 3.05) is 18.0 Å². The molecule has 0 saturated carbocycles. The number of benzene rings is 1. The molecule has 0 unspecified atom stereocenters. The van der Waals surface area contributed by atoms with Crippen LogP contribution in [0.5, 0.6) is 0 Å². The van der Waals surface area contributed by atoms with E-state index in [-0.39, 0.29) is 0 Å². The van der Waals surface area contributed by atoms with E-state index in [1.807, 2.05) is 0 Å². The molecule has 2 rings (SSSR count). The molecule has 1 fully saturated rings. The van der Waals surface area contributed by atoms with Crippen molar-refractivity contribution in [1.82, 2.24) is 0 Å². The van der Waals surface area contributed by atoms with Crippen molar-refractivity contribution in [3.63, 3.8) is 0 Å². The summed E-state index contributed by atoms with van der Waals surface area (Å²) in [6.07, 6.45) is 1.28. The van der Waals surface area contributed by atoms with Crippen LogP contribution in [-0.2, 0) is 6.54 Å². The monoisotopic (exact) mass is 204 g/mol. The Bertz CT molecular complexity index is 344. The number of nitrogens with two attached hydrogens (primary N) is 1. The molecule has 1 aromatic carbocycles. The van der Waals surface area contributed by atoms with Gasteiger partial charge in [-0.2, -0.15) is 0 Å². The van der Waals surface area contributed by atoms with Gasteiger partial charge in [0.15, 0.2) is 0 Å². The lowest BCUT2D eigenvalue weighted by Crippen LogP contribution is -2.22. The smallest absolute Gasteiger partial charge is 0.0369 e. The molecule has 0 bridgehead atoms. The van der Waals surface area contributed by atoms with Crippen LogP contribution in [0.1, 0.15) is 25.8 Å².